The molecular formula is C12H14BrFN2O4. The van der Waals surface area contributed by atoms with Gasteiger partial charge in [-0.1, -0.05) is 6.07 Å². The number of para-hydroxylation sites is 1. The van der Waals surface area contributed by atoms with Crippen LogP contribution in [-0.4, -0.2) is 36.9 Å². The smallest absolute Gasteiger partial charge is 0.319 e. The van der Waals surface area contributed by atoms with Gasteiger partial charge in [-0.25, -0.2) is 9.18 Å². The Kier molecular flexibility index (Phi) is 6.40. The fraction of sp³-hybridized carbons (Fsp3) is 0.333. The highest BCUT2D eigenvalue weighted by Gasteiger charge is 2.15. The van der Waals surface area contributed by atoms with Gasteiger partial charge in [0.2, 0.25) is 0 Å². The lowest BCUT2D eigenvalue weighted by Gasteiger charge is -2.15. The molecule has 1 aromatic rings. The number of carbonyl (C=O) groups excluding carboxylic acids is 1. The van der Waals surface area contributed by atoms with Crippen LogP contribution in [0.25, 0.3) is 0 Å². The van der Waals surface area contributed by atoms with Gasteiger partial charge >= 0.3 is 12.0 Å². The van der Waals surface area contributed by atoms with Crippen LogP contribution in [0.4, 0.5) is 14.9 Å². The Hall–Kier alpha value is -1.67. The van der Waals surface area contributed by atoms with E-state index >= 15 is 0 Å². The Morgan fingerprint density at radius 1 is 1.50 bits per heavy atom. The Morgan fingerprint density at radius 3 is 2.75 bits per heavy atom. The minimum absolute atomic E-state index is 0.000699. The summed E-state index contributed by atoms with van der Waals surface area (Å²) in [6.07, 6.45) is -0.887. The predicted octanol–water partition coefficient (Wildman–Crippen LogP) is 2.20. The van der Waals surface area contributed by atoms with Crippen LogP contribution < -0.4 is 10.6 Å². The fourth-order valence-electron chi connectivity index (χ4n) is 1.42. The van der Waals surface area contributed by atoms with Crippen LogP contribution >= 0.6 is 15.9 Å². The number of rotatable bonds is 6. The number of urea groups is 1. The third-order valence-corrected chi connectivity index (χ3v) is 3.09. The van der Waals surface area contributed by atoms with E-state index < -0.39 is 23.9 Å². The van der Waals surface area contributed by atoms with E-state index in [9.17, 15) is 14.0 Å². The molecule has 2 amide bonds. The molecule has 1 aromatic carbocycles. The first kappa shape index (κ1) is 16.4. The second-order valence-corrected chi connectivity index (χ2v) is 4.74. The Labute approximate surface area is 123 Å². The highest BCUT2D eigenvalue weighted by atomic mass is 79.9. The van der Waals surface area contributed by atoms with E-state index in [0.29, 0.717) is 4.47 Å². The van der Waals surface area contributed by atoms with Gasteiger partial charge in [-0.15, -0.1) is 0 Å². The van der Waals surface area contributed by atoms with E-state index in [1.165, 1.54) is 19.2 Å². The van der Waals surface area contributed by atoms with Crippen LogP contribution in [0, 0.1) is 5.82 Å². The van der Waals surface area contributed by atoms with Gasteiger partial charge in [0.15, 0.2) is 0 Å². The first-order valence-corrected chi connectivity index (χ1v) is 6.46. The molecule has 0 bridgehead atoms. The number of benzene rings is 1. The summed E-state index contributed by atoms with van der Waals surface area (Å²) >= 11 is 3.12. The van der Waals surface area contributed by atoms with Gasteiger partial charge in [0.05, 0.1) is 18.2 Å². The predicted molar refractivity (Wildman–Crippen MR) is 74.2 cm³/mol. The number of hydrogen-bond acceptors (Lipinski definition) is 3. The Bertz CT molecular complexity index is 478. The molecule has 6 nitrogen and oxygen atoms in total. The number of methoxy groups -OCH3 is 1. The Morgan fingerprint density at radius 2 is 2.20 bits per heavy atom. The molecular weight excluding hydrogens is 335 g/mol. The number of halogens is 2. The van der Waals surface area contributed by atoms with Gasteiger partial charge in [0.1, 0.15) is 5.82 Å². The number of hydrogen-bond donors (Lipinski definition) is 3. The van der Waals surface area contributed by atoms with Crippen molar-refractivity contribution in [1.29, 1.82) is 0 Å². The average molecular weight is 349 g/mol. The molecule has 110 valence electrons. The number of carbonyl (C=O) groups is 2. The number of amides is 2. The maximum Gasteiger partial charge on any atom is 0.319 e. The molecule has 0 aliphatic carbocycles. The molecule has 0 radical (unpaired) electrons. The lowest BCUT2D eigenvalue weighted by Crippen LogP contribution is -2.37. The van der Waals surface area contributed by atoms with Gasteiger partial charge in [-0.2, -0.15) is 0 Å². The summed E-state index contributed by atoms with van der Waals surface area (Å²) in [6.45, 7) is 0.000699. The third kappa shape index (κ3) is 5.14. The van der Waals surface area contributed by atoms with Crippen molar-refractivity contribution in [2.24, 2.45) is 0 Å². The molecule has 0 saturated carbocycles. The molecule has 1 rings (SSSR count). The van der Waals surface area contributed by atoms with Crippen molar-refractivity contribution in [2.75, 3.05) is 19.0 Å². The molecule has 0 saturated heterocycles. The molecule has 0 aromatic heterocycles. The number of ether oxygens (including phenoxy) is 1. The molecule has 0 heterocycles. The normalized spacial score (nSPS) is 11.8. The van der Waals surface area contributed by atoms with Gasteiger partial charge in [0.25, 0.3) is 0 Å². The Balaban J connectivity index is 2.53. The van der Waals surface area contributed by atoms with Crippen molar-refractivity contribution in [3.05, 3.63) is 28.5 Å². The minimum atomic E-state index is -1.03. The van der Waals surface area contributed by atoms with Crippen molar-refractivity contribution < 1.29 is 23.8 Å². The number of anilines is 1. The SMILES string of the molecule is COC(CNC(=O)Nc1c(F)cccc1Br)CC(=O)O. The largest absolute Gasteiger partial charge is 0.481 e. The average Bonchev–Trinajstić information content (AvgIpc) is 2.38. The molecule has 8 heteroatoms. The second-order valence-electron chi connectivity index (χ2n) is 3.89. The van der Waals surface area contributed by atoms with Crippen LogP contribution in [-0.2, 0) is 9.53 Å². The molecule has 0 fully saturated rings. The summed E-state index contributed by atoms with van der Waals surface area (Å²) in [5, 5.41) is 13.4. The van der Waals surface area contributed by atoms with E-state index in [1.807, 2.05) is 0 Å². The second kappa shape index (κ2) is 7.81. The van der Waals surface area contributed by atoms with Crippen LogP contribution in [0.3, 0.4) is 0 Å². The topological polar surface area (TPSA) is 87.7 Å². The number of nitrogens with one attached hydrogen (secondary N) is 2. The molecule has 3 N–H and O–H groups in total. The molecule has 0 aliphatic heterocycles. The van der Waals surface area contributed by atoms with Gasteiger partial charge in [-0.3, -0.25) is 4.79 Å². The molecule has 1 unspecified atom stereocenters. The van der Waals surface area contributed by atoms with E-state index in [-0.39, 0.29) is 18.7 Å². The van der Waals surface area contributed by atoms with E-state index in [2.05, 4.69) is 26.6 Å². The van der Waals surface area contributed by atoms with Crippen molar-refractivity contribution in [3.8, 4) is 0 Å². The van der Waals surface area contributed by atoms with Crippen LogP contribution in [0.2, 0.25) is 0 Å². The highest BCUT2D eigenvalue weighted by molar-refractivity contribution is 9.10. The maximum atomic E-state index is 13.5. The van der Waals surface area contributed by atoms with E-state index in [4.69, 9.17) is 9.84 Å². The van der Waals surface area contributed by atoms with Gasteiger partial charge in [0, 0.05) is 18.1 Å². The standard InChI is InChI=1S/C12H14BrFN2O4/c1-20-7(5-10(17)18)6-15-12(19)16-11-8(13)3-2-4-9(11)14/h2-4,7H,5-6H2,1H3,(H,17,18)(H2,15,16,19). The van der Waals surface area contributed by atoms with Crippen molar-refractivity contribution in [2.45, 2.75) is 12.5 Å². The summed E-state index contributed by atoms with van der Waals surface area (Å²) < 4.78 is 18.8. The summed E-state index contributed by atoms with van der Waals surface area (Å²) in [5.74, 6) is -1.61. The number of aliphatic carboxylic acids is 1. The third-order valence-electron chi connectivity index (χ3n) is 2.43. The summed E-state index contributed by atoms with van der Waals surface area (Å²) in [7, 11) is 1.35. The molecule has 0 aliphatic rings. The molecule has 0 spiro atoms. The summed E-state index contributed by atoms with van der Waals surface area (Å²) in [4.78, 5) is 22.1. The first-order valence-electron chi connectivity index (χ1n) is 5.67. The van der Waals surface area contributed by atoms with Crippen molar-refractivity contribution >= 4 is 33.6 Å². The van der Waals surface area contributed by atoms with Crippen LogP contribution in [0.5, 0.6) is 0 Å². The zero-order valence-corrected chi connectivity index (χ0v) is 12.2. The number of carboxylic acids is 1. The van der Waals surface area contributed by atoms with Crippen molar-refractivity contribution in [3.63, 3.8) is 0 Å². The lowest BCUT2D eigenvalue weighted by atomic mass is 10.2. The van der Waals surface area contributed by atoms with Gasteiger partial charge in [-0.05, 0) is 28.1 Å². The molecule has 1 atom stereocenters. The quantitative estimate of drug-likeness (QED) is 0.735. The van der Waals surface area contributed by atoms with Crippen LogP contribution in [0.1, 0.15) is 6.42 Å². The highest BCUT2D eigenvalue weighted by Crippen LogP contribution is 2.24. The maximum absolute atomic E-state index is 13.5. The summed E-state index contributed by atoms with van der Waals surface area (Å²) in [6, 6.07) is 3.64. The van der Waals surface area contributed by atoms with E-state index in [0.717, 1.165) is 0 Å². The molecule has 20 heavy (non-hydrogen) atoms. The first-order chi connectivity index (χ1) is 9.43. The monoisotopic (exact) mass is 348 g/mol. The zero-order chi connectivity index (χ0) is 15.1. The van der Waals surface area contributed by atoms with Crippen molar-refractivity contribution in [1.82, 2.24) is 5.32 Å². The fourth-order valence-corrected chi connectivity index (χ4v) is 1.86. The number of carboxylic acid groups (broad SMARTS) is 1. The minimum Gasteiger partial charge on any atom is -0.481 e. The summed E-state index contributed by atoms with van der Waals surface area (Å²) in [5.41, 5.74) is 0.0113. The van der Waals surface area contributed by atoms with Crippen LogP contribution in [0.15, 0.2) is 22.7 Å². The van der Waals surface area contributed by atoms with E-state index in [1.54, 1.807) is 6.07 Å². The lowest BCUT2D eigenvalue weighted by molar-refractivity contribution is -0.139. The zero-order valence-electron chi connectivity index (χ0n) is 10.7. The van der Waals surface area contributed by atoms with Gasteiger partial charge < -0.3 is 20.5 Å².